The van der Waals surface area contributed by atoms with Crippen LogP contribution in [0.25, 0.3) is 0 Å². The SMILES string of the molecule is C=C[C@@]1(C)CC[C@@H]2[C@](C)(CCC3C(C)(C)C=CC[C@]32C)O1. The molecule has 0 aromatic heterocycles. The minimum Gasteiger partial charge on any atom is -0.365 e. The Morgan fingerprint density at radius 1 is 1.05 bits per heavy atom. The fourth-order valence-electron chi connectivity index (χ4n) is 6.03. The van der Waals surface area contributed by atoms with Gasteiger partial charge in [-0.25, -0.2) is 0 Å². The fourth-order valence-corrected chi connectivity index (χ4v) is 6.03. The summed E-state index contributed by atoms with van der Waals surface area (Å²) in [5.74, 6) is 1.45. The maximum atomic E-state index is 6.65. The van der Waals surface area contributed by atoms with Crippen molar-refractivity contribution in [1.29, 1.82) is 0 Å². The lowest BCUT2D eigenvalue weighted by Crippen LogP contribution is -2.61. The van der Waals surface area contributed by atoms with Crippen molar-refractivity contribution >= 4 is 0 Å². The van der Waals surface area contributed by atoms with Gasteiger partial charge in [-0.15, -0.1) is 6.58 Å². The van der Waals surface area contributed by atoms with E-state index in [2.05, 4.69) is 53.3 Å². The average molecular weight is 288 g/mol. The standard InChI is InChI=1S/C20H32O/c1-7-18(4)13-9-16-19(5)12-8-11-17(2,3)15(19)10-14-20(16,6)21-18/h7-8,11,15-16H,1,9-10,12-14H2,2-6H3/t15?,16-,18-,19+,20-/m0/s1. The van der Waals surface area contributed by atoms with Gasteiger partial charge in [-0.3, -0.25) is 0 Å². The van der Waals surface area contributed by atoms with Crippen molar-refractivity contribution in [2.75, 3.05) is 0 Å². The highest BCUT2D eigenvalue weighted by Crippen LogP contribution is 2.64. The zero-order valence-corrected chi connectivity index (χ0v) is 14.5. The molecule has 2 aliphatic carbocycles. The van der Waals surface area contributed by atoms with Crippen molar-refractivity contribution < 1.29 is 4.74 Å². The maximum absolute atomic E-state index is 6.65. The molecule has 0 amide bonds. The van der Waals surface area contributed by atoms with Crippen LogP contribution in [0.1, 0.15) is 66.7 Å². The Morgan fingerprint density at radius 3 is 2.38 bits per heavy atom. The summed E-state index contributed by atoms with van der Waals surface area (Å²) in [6, 6.07) is 0. The molecule has 3 aliphatic rings. The Hall–Kier alpha value is -0.560. The second-order valence-corrected chi connectivity index (χ2v) is 9.05. The van der Waals surface area contributed by atoms with Crippen LogP contribution in [0.5, 0.6) is 0 Å². The first-order valence-electron chi connectivity index (χ1n) is 8.67. The first kappa shape index (κ1) is 15.3. The Kier molecular flexibility index (Phi) is 3.27. The normalized spacial score (nSPS) is 51.9. The summed E-state index contributed by atoms with van der Waals surface area (Å²) in [7, 11) is 0. The summed E-state index contributed by atoms with van der Waals surface area (Å²) >= 11 is 0. The number of allylic oxidation sites excluding steroid dienone is 2. The van der Waals surface area contributed by atoms with Crippen molar-refractivity contribution in [2.45, 2.75) is 77.9 Å². The van der Waals surface area contributed by atoms with Crippen molar-refractivity contribution in [1.82, 2.24) is 0 Å². The van der Waals surface area contributed by atoms with Crippen LogP contribution in [0.2, 0.25) is 0 Å². The van der Waals surface area contributed by atoms with Crippen molar-refractivity contribution in [3.8, 4) is 0 Å². The molecule has 0 spiro atoms. The highest BCUT2D eigenvalue weighted by molar-refractivity contribution is 5.18. The first-order chi connectivity index (χ1) is 9.65. The van der Waals surface area contributed by atoms with E-state index in [4.69, 9.17) is 4.74 Å². The number of rotatable bonds is 1. The predicted octanol–water partition coefficient (Wildman–Crippen LogP) is 5.52. The number of hydrogen-bond acceptors (Lipinski definition) is 1. The van der Waals surface area contributed by atoms with Gasteiger partial charge in [0.15, 0.2) is 0 Å². The quantitative estimate of drug-likeness (QED) is 0.577. The maximum Gasteiger partial charge on any atom is 0.0839 e. The molecule has 1 saturated heterocycles. The van der Waals surface area contributed by atoms with Crippen LogP contribution in [0.4, 0.5) is 0 Å². The van der Waals surface area contributed by atoms with E-state index >= 15 is 0 Å². The van der Waals surface area contributed by atoms with Crippen LogP contribution >= 0.6 is 0 Å². The summed E-state index contributed by atoms with van der Waals surface area (Å²) in [6.07, 6.45) is 13.0. The topological polar surface area (TPSA) is 9.23 Å². The van der Waals surface area contributed by atoms with Gasteiger partial charge in [-0.2, -0.15) is 0 Å². The van der Waals surface area contributed by atoms with E-state index in [0.717, 1.165) is 12.3 Å². The molecule has 1 saturated carbocycles. The lowest BCUT2D eigenvalue weighted by molar-refractivity contribution is -0.243. The van der Waals surface area contributed by atoms with E-state index in [1.807, 2.05) is 6.08 Å². The molecule has 0 N–H and O–H groups in total. The summed E-state index contributed by atoms with van der Waals surface area (Å²) in [6.45, 7) is 16.0. The Labute approximate surface area is 130 Å². The molecule has 1 unspecified atom stereocenters. The Morgan fingerprint density at radius 2 is 1.71 bits per heavy atom. The van der Waals surface area contributed by atoms with Gasteiger partial charge in [0.25, 0.3) is 0 Å². The van der Waals surface area contributed by atoms with Crippen molar-refractivity contribution in [2.24, 2.45) is 22.7 Å². The summed E-state index contributed by atoms with van der Waals surface area (Å²) in [5, 5.41) is 0. The molecule has 5 atom stereocenters. The van der Waals surface area contributed by atoms with Gasteiger partial charge in [-0.05, 0) is 68.6 Å². The van der Waals surface area contributed by atoms with Crippen LogP contribution in [0.15, 0.2) is 24.8 Å². The molecule has 21 heavy (non-hydrogen) atoms. The minimum absolute atomic E-state index is 0.0215. The molecule has 1 heteroatoms. The number of fused-ring (bicyclic) bond motifs is 3. The minimum atomic E-state index is -0.130. The molecule has 0 radical (unpaired) electrons. The summed E-state index contributed by atoms with van der Waals surface area (Å²) in [4.78, 5) is 0. The third-order valence-electron chi connectivity index (χ3n) is 7.09. The van der Waals surface area contributed by atoms with Crippen LogP contribution in [-0.2, 0) is 4.74 Å². The zero-order chi connectivity index (χ0) is 15.5. The van der Waals surface area contributed by atoms with E-state index < -0.39 is 0 Å². The van der Waals surface area contributed by atoms with Crippen LogP contribution in [-0.4, -0.2) is 11.2 Å². The van der Waals surface area contributed by atoms with Crippen LogP contribution in [0.3, 0.4) is 0 Å². The van der Waals surface area contributed by atoms with E-state index in [0.29, 0.717) is 16.7 Å². The molecule has 0 aromatic carbocycles. The summed E-state index contributed by atoms with van der Waals surface area (Å²) in [5.41, 5.74) is 0.601. The van der Waals surface area contributed by atoms with E-state index in [1.165, 1.54) is 25.7 Å². The highest BCUT2D eigenvalue weighted by Gasteiger charge is 2.60. The molecule has 1 nitrogen and oxygen atoms in total. The predicted molar refractivity (Wildman–Crippen MR) is 89.2 cm³/mol. The third-order valence-corrected chi connectivity index (χ3v) is 7.09. The Balaban J connectivity index is 1.97. The molecular formula is C20H32O. The summed E-state index contributed by atoms with van der Waals surface area (Å²) < 4.78 is 6.65. The lowest BCUT2D eigenvalue weighted by Gasteiger charge is -2.64. The van der Waals surface area contributed by atoms with Gasteiger partial charge in [0.2, 0.25) is 0 Å². The second-order valence-electron chi connectivity index (χ2n) is 9.05. The van der Waals surface area contributed by atoms with Gasteiger partial charge in [-0.1, -0.05) is 39.0 Å². The van der Waals surface area contributed by atoms with Gasteiger partial charge < -0.3 is 4.74 Å². The third kappa shape index (κ3) is 2.15. The van der Waals surface area contributed by atoms with E-state index in [-0.39, 0.29) is 11.2 Å². The van der Waals surface area contributed by atoms with Gasteiger partial charge in [0, 0.05) is 0 Å². The zero-order valence-electron chi connectivity index (χ0n) is 14.5. The monoisotopic (exact) mass is 288 g/mol. The molecule has 0 aromatic rings. The second kappa shape index (κ2) is 4.47. The van der Waals surface area contributed by atoms with Gasteiger partial charge in [0.1, 0.15) is 0 Å². The first-order valence-corrected chi connectivity index (χ1v) is 8.67. The smallest absolute Gasteiger partial charge is 0.0839 e. The molecule has 2 fully saturated rings. The number of hydrogen-bond donors (Lipinski definition) is 0. The molecule has 118 valence electrons. The van der Waals surface area contributed by atoms with Gasteiger partial charge in [0.05, 0.1) is 11.2 Å². The molecule has 0 bridgehead atoms. The van der Waals surface area contributed by atoms with Crippen LogP contribution < -0.4 is 0 Å². The largest absolute Gasteiger partial charge is 0.365 e. The molecule has 1 aliphatic heterocycles. The molecular weight excluding hydrogens is 256 g/mol. The van der Waals surface area contributed by atoms with E-state index in [9.17, 15) is 0 Å². The Bertz CT molecular complexity index is 476. The molecule has 3 rings (SSSR count). The molecule has 1 heterocycles. The van der Waals surface area contributed by atoms with E-state index in [1.54, 1.807) is 0 Å². The van der Waals surface area contributed by atoms with Gasteiger partial charge >= 0.3 is 0 Å². The van der Waals surface area contributed by atoms with Crippen LogP contribution in [0, 0.1) is 22.7 Å². The average Bonchev–Trinajstić information content (AvgIpc) is 2.36. The van der Waals surface area contributed by atoms with Crippen molar-refractivity contribution in [3.63, 3.8) is 0 Å². The lowest BCUT2D eigenvalue weighted by atomic mass is 9.46. The highest BCUT2D eigenvalue weighted by atomic mass is 16.5. The fraction of sp³-hybridized carbons (Fsp3) is 0.800. The van der Waals surface area contributed by atoms with Crippen molar-refractivity contribution in [3.05, 3.63) is 24.8 Å². The number of ether oxygens (including phenoxy) is 1.